The summed E-state index contributed by atoms with van der Waals surface area (Å²) in [5.41, 5.74) is -0.476. The van der Waals surface area contributed by atoms with Gasteiger partial charge in [0.05, 0.1) is 6.33 Å². The zero-order chi connectivity index (χ0) is 10.8. The first-order valence-electron chi connectivity index (χ1n) is 3.77. The summed E-state index contributed by atoms with van der Waals surface area (Å²) >= 11 is 5.70. The van der Waals surface area contributed by atoms with Gasteiger partial charge in [-0.15, -0.1) is 5.10 Å². The quantitative estimate of drug-likeness (QED) is 0.725. The first-order chi connectivity index (χ1) is 7.22. The third kappa shape index (κ3) is 1.58. The molecule has 15 heavy (non-hydrogen) atoms. The van der Waals surface area contributed by atoms with Gasteiger partial charge < -0.3 is 4.98 Å². The lowest BCUT2D eigenvalue weighted by molar-refractivity contribution is 0.829. The van der Waals surface area contributed by atoms with Gasteiger partial charge in [0.2, 0.25) is 0 Å². The van der Waals surface area contributed by atoms with E-state index in [2.05, 4.69) is 20.1 Å². The van der Waals surface area contributed by atoms with Crippen molar-refractivity contribution < 1.29 is 0 Å². The zero-order valence-electron chi connectivity index (χ0n) is 7.18. The number of nitrogens with zero attached hydrogens (tertiary/aromatic N) is 5. The highest BCUT2D eigenvalue weighted by Crippen LogP contribution is 2.10. The Bertz CT molecular complexity index is 594. The number of hydrogen-bond donors (Lipinski definition) is 1. The summed E-state index contributed by atoms with van der Waals surface area (Å²) in [6, 6.07) is 1.75. The van der Waals surface area contributed by atoms with Gasteiger partial charge in [-0.1, -0.05) is 11.6 Å². The highest BCUT2D eigenvalue weighted by Gasteiger charge is 2.09. The monoisotopic (exact) mass is 222 g/mol. The first-order valence-corrected chi connectivity index (χ1v) is 4.15. The van der Waals surface area contributed by atoms with Crippen molar-refractivity contribution in [2.75, 3.05) is 0 Å². The van der Waals surface area contributed by atoms with Gasteiger partial charge in [0, 0.05) is 0 Å². The third-order valence-electron chi connectivity index (χ3n) is 1.59. The molecule has 0 fully saturated rings. The van der Waals surface area contributed by atoms with Crippen LogP contribution in [0.25, 0.3) is 5.82 Å². The molecule has 2 aromatic rings. The number of aromatic nitrogens is 5. The van der Waals surface area contributed by atoms with E-state index in [-0.39, 0.29) is 16.7 Å². The van der Waals surface area contributed by atoms with Crippen molar-refractivity contribution in [3.63, 3.8) is 0 Å². The summed E-state index contributed by atoms with van der Waals surface area (Å²) in [7, 11) is 0. The van der Waals surface area contributed by atoms with Gasteiger partial charge in [0.15, 0.2) is 10.8 Å². The molecule has 2 heterocycles. The minimum atomic E-state index is -0.476. The molecule has 2 rings (SSSR count). The molecule has 8 heteroatoms. The van der Waals surface area contributed by atoms with Gasteiger partial charge in [0.25, 0.3) is 11.4 Å². The molecular formula is C7H3ClN6O. The Labute approximate surface area is 88.0 Å². The van der Waals surface area contributed by atoms with Gasteiger partial charge in [-0.05, 0) is 0 Å². The second kappa shape index (κ2) is 3.51. The minimum Gasteiger partial charge on any atom is -0.312 e. The summed E-state index contributed by atoms with van der Waals surface area (Å²) in [6.45, 7) is 0. The Kier molecular flexibility index (Phi) is 2.19. The van der Waals surface area contributed by atoms with Crippen LogP contribution in [0, 0.1) is 11.3 Å². The number of H-pyrrole nitrogens is 1. The van der Waals surface area contributed by atoms with Crippen LogP contribution in [0.2, 0.25) is 5.02 Å². The number of nitrogens with one attached hydrogen (secondary N) is 1. The zero-order valence-corrected chi connectivity index (χ0v) is 7.93. The number of rotatable bonds is 1. The van der Waals surface area contributed by atoms with Crippen LogP contribution in [0.1, 0.15) is 5.82 Å². The first kappa shape index (κ1) is 9.36. The van der Waals surface area contributed by atoms with E-state index < -0.39 is 5.56 Å². The van der Waals surface area contributed by atoms with Crippen LogP contribution in [-0.4, -0.2) is 24.7 Å². The fourth-order valence-corrected chi connectivity index (χ4v) is 1.14. The number of aromatic amines is 1. The molecule has 74 valence electrons. The molecule has 2 aromatic heterocycles. The summed E-state index contributed by atoms with van der Waals surface area (Å²) in [5, 5.41) is 12.2. The number of nitriles is 1. The summed E-state index contributed by atoms with van der Waals surface area (Å²) in [5.74, 6) is 0.113. The fraction of sp³-hybridized carbons (Fsp3) is 0. The molecule has 0 aliphatic carbocycles. The van der Waals surface area contributed by atoms with Gasteiger partial charge in [-0.2, -0.15) is 9.94 Å². The maximum atomic E-state index is 11.1. The Morgan fingerprint density at radius 3 is 3.00 bits per heavy atom. The average Bonchev–Trinajstić information content (AvgIpc) is 2.70. The normalized spacial score (nSPS) is 9.87. The Morgan fingerprint density at radius 1 is 1.53 bits per heavy atom. The van der Waals surface area contributed by atoms with Crippen molar-refractivity contribution in [2.24, 2.45) is 0 Å². The van der Waals surface area contributed by atoms with Crippen LogP contribution < -0.4 is 5.56 Å². The summed E-state index contributed by atoms with van der Waals surface area (Å²) in [4.78, 5) is 20.9. The average molecular weight is 223 g/mol. The third-order valence-corrected chi connectivity index (χ3v) is 1.93. The van der Waals surface area contributed by atoms with Crippen molar-refractivity contribution in [3.8, 4) is 11.9 Å². The van der Waals surface area contributed by atoms with Crippen molar-refractivity contribution in [1.82, 2.24) is 24.7 Å². The maximum absolute atomic E-state index is 11.1. The molecule has 7 nitrogen and oxygen atoms in total. The van der Waals surface area contributed by atoms with E-state index in [1.54, 1.807) is 6.07 Å². The molecule has 0 bridgehead atoms. The smallest absolute Gasteiger partial charge is 0.271 e. The highest BCUT2D eigenvalue weighted by atomic mass is 35.5. The lowest BCUT2D eigenvalue weighted by atomic mass is 10.6. The molecule has 0 aliphatic rings. The molecular weight excluding hydrogens is 220 g/mol. The second-order valence-electron chi connectivity index (χ2n) is 2.49. The Morgan fingerprint density at radius 2 is 2.33 bits per heavy atom. The van der Waals surface area contributed by atoms with Gasteiger partial charge in [-0.25, -0.2) is 9.97 Å². The molecule has 0 spiro atoms. The maximum Gasteiger partial charge on any atom is 0.271 e. The molecule has 0 atom stereocenters. The number of halogens is 1. The predicted molar refractivity (Wildman–Crippen MR) is 49.5 cm³/mol. The molecule has 0 aliphatic heterocycles. The van der Waals surface area contributed by atoms with Crippen LogP contribution in [0.15, 0.2) is 17.4 Å². The molecule has 1 N–H and O–H groups in total. The highest BCUT2D eigenvalue weighted by molar-refractivity contribution is 6.31. The molecule has 0 aromatic carbocycles. The lowest BCUT2D eigenvalue weighted by Gasteiger charge is -1.98. The molecule has 0 amide bonds. The molecule has 0 radical (unpaired) electrons. The van der Waals surface area contributed by atoms with E-state index in [0.29, 0.717) is 0 Å². The number of hydrogen-bond acceptors (Lipinski definition) is 5. The fourth-order valence-electron chi connectivity index (χ4n) is 0.950. The van der Waals surface area contributed by atoms with E-state index in [1.165, 1.54) is 12.7 Å². The topological polar surface area (TPSA) is 100 Å². The van der Waals surface area contributed by atoms with E-state index in [0.717, 1.165) is 4.68 Å². The van der Waals surface area contributed by atoms with Gasteiger partial charge >= 0.3 is 0 Å². The van der Waals surface area contributed by atoms with Gasteiger partial charge in [-0.3, -0.25) is 4.79 Å². The van der Waals surface area contributed by atoms with Crippen molar-refractivity contribution in [3.05, 3.63) is 33.9 Å². The minimum absolute atomic E-state index is 0.0202. The predicted octanol–water partition coefficient (Wildman–Crippen LogP) is -0.124. The Hall–Kier alpha value is -2.20. The molecule has 0 unspecified atom stereocenters. The van der Waals surface area contributed by atoms with Gasteiger partial charge in [0.1, 0.15) is 12.4 Å². The van der Waals surface area contributed by atoms with Crippen LogP contribution in [0.4, 0.5) is 0 Å². The van der Waals surface area contributed by atoms with Crippen LogP contribution >= 0.6 is 11.6 Å². The van der Waals surface area contributed by atoms with E-state index in [4.69, 9.17) is 16.9 Å². The largest absolute Gasteiger partial charge is 0.312 e. The lowest BCUT2D eigenvalue weighted by Crippen LogP contribution is -2.12. The second-order valence-corrected chi connectivity index (χ2v) is 2.87. The van der Waals surface area contributed by atoms with E-state index in [1.807, 2.05) is 0 Å². The van der Waals surface area contributed by atoms with Crippen molar-refractivity contribution in [2.45, 2.75) is 0 Å². The Balaban J connectivity index is 2.60. The van der Waals surface area contributed by atoms with Crippen molar-refractivity contribution in [1.29, 1.82) is 5.26 Å². The standard InChI is InChI=1S/C7H3ClN6O/c8-5-6(10-2-11-7(5)15)14-3-12-4(1-9)13-14/h2-3H,(H,10,11,15). The molecule has 0 saturated heterocycles. The SMILES string of the molecule is N#Cc1ncn(-c2nc[nH]c(=O)c2Cl)n1. The van der Waals surface area contributed by atoms with E-state index >= 15 is 0 Å². The van der Waals surface area contributed by atoms with Crippen LogP contribution in [0.5, 0.6) is 0 Å². The van der Waals surface area contributed by atoms with Crippen molar-refractivity contribution >= 4 is 11.6 Å². The van der Waals surface area contributed by atoms with E-state index in [9.17, 15) is 4.79 Å². The summed E-state index contributed by atoms with van der Waals surface area (Å²) in [6.07, 6.45) is 2.45. The van der Waals surface area contributed by atoms with Crippen LogP contribution in [0.3, 0.4) is 0 Å². The molecule has 0 saturated carbocycles. The van der Waals surface area contributed by atoms with Crippen LogP contribution in [-0.2, 0) is 0 Å². The summed E-state index contributed by atoms with van der Waals surface area (Å²) < 4.78 is 1.16.